The molecule has 33 heavy (non-hydrogen) atoms. The summed E-state index contributed by atoms with van der Waals surface area (Å²) in [6.45, 7) is 4.37. The normalized spacial score (nSPS) is 12.0. The SMILES string of the molecule is CCCc1ccc(CCc2ccc(-c3ccc(C[C@@H](C)c4ccccc4)cc3)cc2)cc1F. The molecule has 1 heteroatoms. The van der Waals surface area contributed by atoms with E-state index in [0.29, 0.717) is 5.92 Å². The van der Waals surface area contributed by atoms with Gasteiger partial charge >= 0.3 is 0 Å². The third kappa shape index (κ3) is 6.20. The first-order chi connectivity index (χ1) is 16.1. The smallest absolute Gasteiger partial charge is 0.126 e. The second-order valence-electron chi connectivity index (χ2n) is 9.09. The molecule has 0 fully saturated rings. The predicted molar refractivity (Wildman–Crippen MR) is 138 cm³/mol. The van der Waals surface area contributed by atoms with Gasteiger partial charge in [-0.25, -0.2) is 4.39 Å². The molecular formula is C32H33F. The first kappa shape index (κ1) is 23.0. The number of aryl methyl sites for hydroxylation is 3. The summed E-state index contributed by atoms with van der Waals surface area (Å²) in [5.41, 5.74) is 8.40. The summed E-state index contributed by atoms with van der Waals surface area (Å²) in [6.07, 6.45) is 4.60. The molecule has 0 unspecified atom stereocenters. The van der Waals surface area contributed by atoms with Gasteiger partial charge in [0.1, 0.15) is 5.82 Å². The van der Waals surface area contributed by atoms with Gasteiger partial charge in [-0.3, -0.25) is 0 Å². The molecule has 4 rings (SSSR count). The van der Waals surface area contributed by atoms with E-state index in [1.54, 1.807) is 6.07 Å². The summed E-state index contributed by atoms with van der Waals surface area (Å²) in [6, 6.07) is 34.2. The van der Waals surface area contributed by atoms with Crippen molar-refractivity contribution in [3.63, 3.8) is 0 Å². The summed E-state index contributed by atoms with van der Waals surface area (Å²) in [5.74, 6) is 0.443. The third-order valence-corrected chi connectivity index (χ3v) is 6.49. The van der Waals surface area contributed by atoms with Crippen molar-refractivity contribution in [2.24, 2.45) is 0 Å². The zero-order chi connectivity index (χ0) is 23.0. The van der Waals surface area contributed by atoms with Crippen molar-refractivity contribution in [1.82, 2.24) is 0 Å². The van der Waals surface area contributed by atoms with E-state index in [9.17, 15) is 4.39 Å². The van der Waals surface area contributed by atoms with E-state index < -0.39 is 0 Å². The monoisotopic (exact) mass is 436 g/mol. The van der Waals surface area contributed by atoms with Crippen LogP contribution in [0.15, 0.2) is 97.1 Å². The van der Waals surface area contributed by atoms with E-state index in [1.165, 1.54) is 27.8 Å². The molecule has 0 aliphatic carbocycles. The van der Waals surface area contributed by atoms with E-state index in [4.69, 9.17) is 0 Å². The van der Waals surface area contributed by atoms with Crippen LogP contribution in [0.2, 0.25) is 0 Å². The Bertz CT molecular complexity index is 1140. The number of halogens is 1. The lowest BCUT2D eigenvalue weighted by atomic mass is 9.92. The molecule has 0 heterocycles. The zero-order valence-electron chi connectivity index (χ0n) is 19.7. The van der Waals surface area contributed by atoms with Crippen LogP contribution in [0.25, 0.3) is 11.1 Å². The highest BCUT2D eigenvalue weighted by Gasteiger charge is 2.07. The molecule has 0 nitrogen and oxygen atoms in total. The fourth-order valence-electron chi connectivity index (χ4n) is 4.46. The molecule has 4 aromatic carbocycles. The molecule has 0 aromatic heterocycles. The standard InChI is InChI=1S/C32H33F/c1-3-7-31-21-16-27(23-32(31)33)11-10-25-12-17-29(18-13-25)30-19-14-26(15-20-30)22-24(2)28-8-5-4-6-9-28/h4-6,8-9,12-21,23-24H,3,7,10-11,22H2,1-2H3/t24-/m1/s1. The molecule has 4 aromatic rings. The van der Waals surface area contributed by atoms with Crippen LogP contribution < -0.4 is 0 Å². The highest BCUT2D eigenvalue weighted by molar-refractivity contribution is 5.64. The highest BCUT2D eigenvalue weighted by Crippen LogP contribution is 2.24. The van der Waals surface area contributed by atoms with Crippen molar-refractivity contribution in [2.75, 3.05) is 0 Å². The highest BCUT2D eigenvalue weighted by atomic mass is 19.1. The molecule has 1 atom stereocenters. The van der Waals surface area contributed by atoms with Crippen molar-refractivity contribution in [3.05, 3.63) is 131 Å². The van der Waals surface area contributed by atoms with Crippen LogP contribution in [-0.2, 0) is 25.7 Å². The zero-order valence-corrected chi connectivity index (χ0v) is 19.7. The molecule has 0 saturated carbocycles. The molecule has 0 radical (unpaired) electrons. The van der Waals surface area contributed by atoms with Gasteiger partial charge in [-0.05, 0) is 76.6 Å². The summed E-state index contributed by atoms with van der Waals surface area (Å²) in [5, 5.41) is 0. The molecule has 0 saturated heterocycles. The van der Waals surface area contributed by atoms with Gasteiger partial charge in [0.15, 0.2) is 0 Å². The fourth-order valence-corrected chi connectivity index (χ4v) is 4.46. The molecule has 0 aliphatic heterocycles. The van der Waals surface area contributed by atoms with Crippen LogP contribution in [0.1, 0.15) is 54.0 Å². The maximum absolute atomic E-state index is 14.2. The first-order valence-corrected chi connectivity index (χ1v) is 12.1. The molecule has 0 aliphatic rings. The summed E-state index contributed by atoms with van der Waals surface area (Å²) in [4.78, 5) is 0. The van der Waals surface area contributed by atoms with Crippen LogP contribution >= 0.6 is 0 Å². The van der Waals surface area contributed by atoms with Crippen LogP contribution in [0, 0.1) is 5.82 Å². The Kier molecular flexibility index (Phi) is 7.73. The summed E-state index contributed by atoms with van der Waals surface area (Å²) in [7, 11) is 0. The van der Waals surface area contributed by atoms with Gasteiger partial charge in [0.05, 0.1) is 0 Å². The number of benzene rings is 4. The molecule has 0 bridgehead atoms. The van der Waals surface area contributed by atoms with Gasteiger partial charge in [0, 0.05) is 0 Å². The Morgan fingerprint density at radius 3 is 1.82 bits per heavy atom. The number of rotatable bonds is 9. The second kappa shape index (κ2) is 11.1. The first-order valence-electron chi connectivity index (χ1n) is 12.1. The van der Waals surface area contributed by atoms with Crippen LogP contribution in [0.3, 0.4) is 0 Å². The lowest BCUT2D eigenvalue weighted by Gasteiger charge is -2.12. The molecule has 0 N–H and O–H groups in total. The van der Waals surface area contributed by atoms with Crippen molar-refractivity contribution in [2.45, 2.75) is 51.9 Å². The Labute approximate surface area is 198 Å². The van der Waals surface area contributed by atoms with Gasteiger partial charge in [-0.2, -0.15) is 0 Å². The van der Waals surface area contributed by atoms with E-state index >= 15 is 0 Å². The van der Waals surface area contributed by atoms with E-state index in [2.05, 4.69) is 98.8 Å². The third-order valence-electron chi connectivity index (χ3n) is 6.49. The van der Waals surface area contributed by atoms with Crippen LogP contribution in [-0.4, -0.2) is 0 Å². The maximum atomic E-state index is 14.2. The van der Waals surface area contributed by atoms with Crippen LogP contribution in [0.5, 0.6) is 0 Å². The van der Waals surface area contributed by atoms with Crippen LogP contribution in [0.4, 0.5) is 4.39 Å². The van der Waals surface area contributed by atoms with E-state index in [1.807, 2.05) is 6.07 Å². The van der Waals surface area contributed by atoms with Gasteiger partial charge in [0.2, 0.25) is 0 Å². The topological polar surface area (TPSA) is 0 Å². The minimum atomic E-state index is -0.0636. The van der Waals surface area contributed by atoms with Gasteiger partial charge < -0.3 is 0 Å². The number of hydrogen-bond donors (Lipinski definition) is 0. The maximum Gasteiger partial charge on any atom is 0.126 e. The minimum absolute atomic E-state index is 0.0636. The summed E-state index contributed by atoms with van der Waals surface area (Å²) >= 11 is 0. The average Bonchev–Trinajstić information content (AvgIpc) is 2.86. The largest absolute Gasteiger partial charge is 0.207 e. The minimum Gasteiger partial charge on any atom is -0.207 e. The van der Waals surface area contributed by atoms with Gasteiger partial charge in [0.25, 0.3) is 0 Å². The molecule has 168 valence electrons. The molecule has 0 spiro atoms. The molecular weight excluding hydrogens is 403 g/mol. The quantitative estimate of drug-likeness (QED) is 0.246. The van der Waals surface area contributed by atoms with E-state index in [0.717, 1.165) is 43.2 Å². The Morgan fingerprint density at radius 2 is 1.21 bits per heavy atom. The van der Waals surface area contributed by atoms with Gasteiger partial charge in [-0.15, -0.1) is 0 Å². The van der Waals surface area contributed by atoms with E-state index in [-0.39, 0.29) is 5.82 Å². The van der Waals surface area contributed by atoms with Crippen molar-refractivity contribution >= 4 is 0 Å². The van der Waals surface area contributed by atoms with Crippen molar-refractivity contribution in [3.8, 4) is 11.1 Å². The summed E-state index contributed by atoms with van der Waals surface area (Å²) < 4.78 is 14.2. The fraction of sp³-hybridized carbons (Fsp3) is 0.250. The Morgan fingerprint density at radius 1 is 0.636 bits per heavy atom. The predicted octanol–water partition coefficient (Wildman–Crippen LogP) is 8.58. The van der Waals surface area contributed by atoms with Crippen molar-refractivity contribution in [1.29, 1.82) is 0 Å². The average molecular weight is 437 g/mol. The van der Waals surface area contributed by atoms with Gasteiger partial charge in [-0.1, -0.05) is 111 Å². The Hall–Kier alpha value is -3.19. The molecule has 0 amide bonds. The second-order valence-corrected chi connectivity index (χ2v) is 9.09. The number of hydrogen-bond acceptors (Lipinski definition) is 0. The Balaban J connectivity index is 1.34. The van der Waals surface area contributed by atoms with Crippen molar-refractivity contribution < 1.29 is 4.39 Å². The lowest BCUT2D eigenvalue weighted by molar-refractivity contribution is 0.605. The lowest BCUT2D eigenvalue weighted by Crippen LogP contribution is -1.98.